The lowest BCUT2D eigenvalue weighted by molar-refractivity contribution is 0.0697. The third-order valence-electron chi connectivity index (χ3n) is 3.59. The lowest BCUT2D eigenvalue weighted by Crippen LogP contribution is -1.97. The summed E-state index contributed by atoms with van der Waals surface area (Å²) in [5.74, 6) is -2.66. The highest BCUT2D eigenvalue weighted by Gasteiger charge is 2.16. The van der Waals surface area contributed by atoms with Crippen molar-refractivity contribution in [2.45, 2.75) is 0 Å². The molecule has 0 heterocycles. The molecule has 0 spiro atoms. The van der Waals surface area contributed by atoms with Crippen molar-refractivity contribution in [3.63, 3.8) is 0 Å². The molecule has 0 aliphatic rings. The molecule has 0 aromatic heterocycles. The van der Waals surface area contributed by atoms with E-state index in [9.17, 15) is 18.8 Å². The van der Waals surface area contributed by atoms with Gasteiger partial charge in [-0.1, -0.05) is 12.1 Å². The van der Waals surface area contributed by atoms with Crippen LogP contribution in [-0.4, -0.2) is 11.1 Å². The number of nitriles is 1. The van der Waals surface area contributed by atoms with Gasteiger partial charge < -0.3 is 5.11 Å². The molecule has 1 N–H and O–H groups in total. The Morgan fingerprint density at radius 3 is 2.43 bits per heavy atom. The summed E-state index contributed by atoms with van der Waals surface area (Å²) in [5.41, 5.74) is 0.517. The summed E-state index contributed by atoms with van der Waals surface area (Å²) in [6.45, 7) is 0. The fourth-order valence-corrected chi connectivity index (χ4v) is 2.53. The molecule has 0 aliphatic carbocycles. The van der Waals surface area contributed by atoms with Crippen LogP contribution in [0.15, 0.2) is 48.5 Å². The lowest BCUT2D eigenvalue weighted by atomic mass is 9.92. The van der Waals surface area contributed by atoms with Crippen LogP contribution in [0.3, 0.4) is 0 Å². The van der Waals surface area contributed by atoms with Crippen LogP contribution in [0.5, 0.6) is 0 Å². The van der Waals surface area contributed by atoms with E-state index in [1.54, 1.807) is 12.1 Å². The summed E-state index contributed by atoms with van der Waals surface area (Å²) in [4.78, 5) is 11.2. The Balaban J connectivity index is 2.43. The van der Waals surface area contributed by atoms with E-state index in [0.717, 1.165) is 12.1 Å². The second kappa shape index (κ2) is 5.50. The number of carbonyl (C=O) groups is 1. The van der Waals surface area contributed by atoms with Crippen molar-refractivity contribution in [1.82, 2.24) is 0 Å². The van der Waals surface area contributed by atoms with Crippen LogP contribution in [0.4, 0.5) is 8.78 Å². The molecule has 0 atom stereocenters. The van der Waals surface area contributed by atoms with E-state index >= 15 is 0 Å². The number of carboxylic acids is 1. The number of benzene rings is 3. The Morgan fingerprint density at radius 1 is 1.04 bits per heavy atom. The summed E-state index contributed by atoms with van der Waals surface area (Å²) in [5, 5.41) is 19.5. The minimum Gasteiger partial charge on any atom is -0.478 e. The first kappa shape index (κ1) is 14.7. The Bertz CT molecular complexity index is 990. The van der Waals surface area contributed by atoms with E-state index in [-0.39, 0.29) is 22.3 Å². The van der Waals surface area contributed by atoms with Crippen molar-refractivity contribution in [3.05, 3.63) is 71.3 Å². The third kappa shape index (κ3) is 2.51. The van der Waals surface area contributed by atoms with Gasteiger partial charge in [-0.05, 0) is 41.1 Å². The van der Waals surface area contributed by atoms with E-state index in [2.05, 4.69) is 0 Å². The molecule has 0 aliphatic heterocycles. The van der Waals surface area contributed by atoms with Gasteiger partial charge in [-0.3, -0.25) is 0 Å². The predicted octanol–water partition coefficient (Wildman–Crippen LogP) is 4.35. The maximum Gasteiger partial charge on any atom is 0.335 e. The van der Waals surface area contributed by atoms with E-state index in [4.69, 9.17) is 5.11 Å². The number of rotatable bonds is 2. The van der Waals surface area contributed by atoms with Gasteiger partial charge in [0.15, 0.2) is 0 Å². The van der Waals surface area contributed by atoms with E-state index in [1.807, 2.05) is 6.07 Å². The summed E-state index contributed by atoms with van der Waals surface area (Å²) >= 11 is 0. The highest BCUT2D eigenvalue weighted by molar-refractivity contribution is 6.03. The molecule has 0 unspecified atom stereocenters. The first-order valence-electron chi connectivity index (χ1n) is 6.67. The average Bonchev–Trinajstić information content (AvgIpc) is 2.53. The zero-order chi connectivity index (χ0) is 16.6. The molecule has 0 saturated carbocycles. The first-order chi connectivity index (χ1) is 11.0. The zero-order valence-electron chi connectivity index (χ0n) is 11.7. The number of carboxylic acid groups (broad SMARTS) is 1. The molecule has 3 aromatic carbocycles. The summed E-state index contributed by atoms with van der Waals surface area (Å²) in [6.07, 6.45) is 0. The molecule has 3 aromatic rings. The summed E-state index contributed by atoms with van der Waals surface area (Å²) in [7, 11) is 0. The fraction of sp³-hybridized carbons (Fsp3) is 0. The van der Waals surface area contributed by atoms with Crippen molar-refractivity contribution in [3.8, 4) is 17.2 Å². The second-order valence-electron chi connectivity index (χ2n) is 4.97. The molecule has 0 saturated heterocycles. The zero-order valence-corrected chi connectivity index (χ0v) is 11.7. The standard InChI is InChI=1S/C18H9F2NO2/c19-13-5-6-14(16(20)8-13)17-12(9-21)4-2-10-1-3-11(18(22)23)7-15(10)17/h1-8H,(H,22,23). The number of halogens is 2. The second-order valence-corrected chi connectivity index (χ2v) is 4.97. The summed E-state index contributed by atoms with van der Waals surface area (Å²) < 4.78 is 27.3. The van der Waals surface area contributed by atoms with Crippen molar-refractivity contribution in [2.75, 3.05) is 0 Å². The number of hydrogen-bond acceptors (Lipinski definition) is 2. The molecule has 3 nitrogen and oxygen atoms in total. The molecule has 0 amide bonds. The lowest BCUT2D eigenvalue weighted by Gasteiger charge is -2.11. The van der Waals surface area contributed by atoms with Gasteiger partial charge in [-0.25, -0.2) is 13.6 Å². The van der Waals surface area contributed by atoms with Crippen LogP contribution in [0, 0.1) is 23.0 Å². The van der Waals surface area contributed by atoms with Crippen LogP contribution in [-0.2, 0) is 0 Å². The topological polar surface area (TPSA) is 61.1 Å². The first-order valence-corrected chi connectivity index (χ1v) is 6.67. The van der Waals surface area contributed by atoms with Gasteiger partial charge in [-0.2, -0.15) is 5.26 Å². The van der Waals surface area contributed by atoms with Crippen LogP contribution in [0.2, 0.25) is 0 Å². The molecule has 0 bridgehead atoms. The van der Waals surface area contributed by atoms with Gasteiger partial charge in [-0.15, -0.1) is 0 Å². The molecule has 3 rings (SSSR count). The van der Waals surface area contributed by atoms with E-state index < -0.39 is 17.6 Å². The van der Waals surface area contributed by atoms with Crippen LogP contribution in [0.25, 0.3) is 21.9 Å². The average molecular weight is 309 g/mol. The van der Waals surface area contributed by atoms with E-state index in [1.165, 1.54) is 24.3 Å². The van der Waals surface area contributed by atoms with Gasteiger partial charge in [0.25, 0.3) is 0 Å². The molecular formula is C18H9F2NO2. The Labute approximate surface area is 130 Å². The molecule has 0 radical (unpaired) electrons. The van der Waals surface area contributed by atoms with Gasteiger partial charge in [0.05, 0.1) is 17.2 Å². The number of fused-ring (bicyclic) bond motifs is 1. The van der Waals surface area contributed by atoms with Crippen LogP contribution < -0.4 is 0 Å². The van der Waals surface area contributed by atoms with Gasteiger partial charge in [0.2, 0.25) is 0 Å². The maximum atomic E-state index is 14.2. The third-order valence-corrected chi connectivity index (χ3v) is 3.59. The highest BCUT2D eigenvalue weighted by Crippen LogP contribution is 2.34. The minimum atomic E-state index is -1.13. The number of nitrogens with zero attached hydrogens (tertiary/aromatic N) is 1. The summed E-state index contributed by atoms with van der Waals surface area (Å²) in [6, 6.07) is 12.6. The Morgan fingerprint density at radius 2 is 1.78 bits per heavy atom. The monoisotopic (exact) mass is 309 g/mol. The van der Waals surface area contributed by atoms with E-state index in [0.29, 0.717) is 10.8 Å². The minimum absolute atomic E-state index is 0.0244. The smallest absolute Gasteiger partial charge is 0.335 e. The SMILES string of the molecule is N#Cc1ccc2ccc(C(=O)O)cc2c1-c1ccc(F)cc1F. The van der Waals surface area contributed by atoms with Crippen molar-refractivity contribution in [2.24, 2.45) is 0 Å². The predicted molar refractivity (Wildman–Crippen MR) is 81.0 cm³/mol. The van der Waals surface area contributed by atoms with Gasteiger partial charge >= 0.3 is 5.97 Å². The molecule has 112 valence electrons. The van der Waals surface area contributed by atoms with Crippen LogP contribution >= 0.6 is 0 Å². The molecule has 5 heteroatoms. The largest absolute Gasteiger partial charge is 0.478 e. The number of hydrogen-bond donors (Lipinski definition) is 1. The number of aromatic carboxylic acids is 1. The molecular weight excluding hydrogens is 300 g/mol. The quantitative estimate of drug-likeness (QED) is 0.765. The van der Waals surface area contributed by atoms with Gasteiger partial charge in [0, 0.05) is 17.2 Å². The van der Waals surface area contributed by atoms with Crippen molar-refractivity contribution in [1.29, 1.82) is 5.26 Å². The van der Waals surface area contributed by atoms with Crippen molar-refractivity contribution < 1.29 is 18.7 Å². The normalized spacial score (nSPS) is 10.5. The molecule has 23 heavy (non-hydrogen) atoms. The molecule has 0 fully saturated rings. The Kier molecular flexibility index (Phi) is 3.51. The Hall–Kier alpha value is -3.26. The van der Waals surface area contributed by atoms with Crippen LogP contribution in [0.1, 0.15) is 15.9 Å². The van der Waals surface area contributed by atoms with Crippen molar-refractivity contribution >= 4 is 16.7 Å². The maximum absolute atomic E-state index is 14.2. The van der Waals surface area contributed by atoms with Gasteiger partial charge in [0.1, 0.15) is 11.6 Å². The fourth-order valence-electron chi connectivity index (χ4n) is 2.53. The highest BCUT2D eigenvalue weighted by atomic mass is 19.1.